The first kappa shape index (κ1) is 30.0. The molecular formula is C28H32N4O8S2. The molecule has 2 aromatic rings. The molecule has 0 unspecified atom stereocenters. The van der Waals surface area contributed by atoms with Crippen molar-refractivity contribution in [1.29, 1.82) is 0 Å². The van der Waals surface area contributed by atoms with Gasteiger partial charge in [-0.3, -0.25) is 9.59 Å². The predicted octanol–water partition coefficient (Wildman–Crippen LogP) is 2.38. The summed E-state index contributed by atoms with van der Waals surface area (Å²) in [5.41, 5.74) is 2.85. The summed E-state index contributed by atoms with van der Waals surface area (Å²) in [5.74, 6) is -0.431. The Morgan fingerprint density at radius 1 is 0.738 bits per heavy atom. The average molecular weight is 617 g/mol. The second-order valence-corrected chi connectivity index (χ2v) is 11.8. The molecule has 4 aliphatic rings. The number of carbonyl (C=O) groups is 4. The first-order valence-electron chi connectivity index (χ1n) is 13.6. The molecule has 4 aliphatic heterocycles. The van der Waals surface area contributed by atoms with E-state index in [1.807, 2.05) is 22.0 Å². The first-order valence-corrected chi connectivity index (χ1v) is 15.3. The zero-order valence-electron chi connectivity index (χ0n) is 23.4. The fraction of sp³-hybridized carbons (Fsp3) is 0.500. The van der Waals surface area contributed by atoms with E-state index >= 15 is 0 Å². The van der Waals surface area contributed by atoms with Crippen LogP contribution in [0, 0.1) is 11.8 Å². The average Bonchev–Trinajstić information content (AvgIpc) is 3.66. The van der Waals surface area contributed by atoms with Crippen molar-refractivity contribution in [3.05, 3.63) is 44.3 Å². The van der Waals surface area contributed by atoms with Crippen molar-refractivity contribution in [3.63, 3.8) is 0 Å². The van der Waals surface area contributed by atoms with Gasteiger partial charge in [0.15, 0.2) is 11.4 Å². The summed E-state index contributed by atoms with van der Waals surface area (Å²) in [6.45, 7) is 4.74. The van der Waals surface area contributed by atoms with Crippen LogP contribution >= 0.6 is 22.7 Å². The van der Waals surface area contributed by atoms with Crippen molar-refractivity contribution in [2.75, 3.05) is 66.8 Å². The van der Waals surface area contributed by atoms with Gasteiger partial charge in [-0.2, -0.15) is 0 Å². The van der Waals surface area contributed by atoms with Crippen molar-refractivity contribution in [2.45, 2.75) is 12.8 Å². The van der Waals surface area contributed by atoms with Gasteiger partial charge in [0.25, 0.3) is 0 Å². The van der Waals surface area contributed by atoms with E-state index in [0.29, 0.717) is 64.0 Å². The molecule has 0 bridgehead atoms. The van der Waals surface area contributed by atoms with Crippen LogP contribution in [0.25, 0.3) is 11.1 Å². The minimum atomic E-state index is -0.421. The van der Waals surface area contributed by atoms with Crippen LogP contribution in [0.3, 0.4) is 0 Å². The molecule has 0 saturated carbocycles. The lowest BCUT2D eigenvalue weighted by Crippen LogP contribution is -2.46. The number of ether oxygens (including phenoxy) is 4. The zero-order chi connectivity index (χ0) is 29.6. The summed E-state index contributed by atoms with van der Waals surface area (Å²) in [7, 11) is 2.68. The van der Waals surface area contributed by atoms with Crippen LogP contribution in [0.15, 0.2) is 22.9 Å². The summed E-state index contributed by atoms with van der Waals surface area (Å²) >= 11 is 2.86. The Morgan fingerprint density at radius 3 is 1.43 bits per heavy atom. The molecule has 0 N–H and O–H groups in total. The number of nitrogens with zero attached hydrogens (tertiary/aromatic N) is 4. The van der Waals surface area contributed by atoms with Crippen molar-refractivity contribution >= 4 is 57.6 Å². The van der Waals surface area contributed by atoms with Crippen LogP contribution < -0.4 is 0 Å². The number of amides is 2. The van der Waals surface area contributed by atoms with Gasteiger partial charge in [0, 0.05) is 36.9 Å². The van der Waals surface area contributed by atoms with E-state index < -0.39 is 11.9 Å². The summed E-state index contributed by atoms with van der Waals surface area (Å²) in [5, 5.41) is 5.06. The molecule has 14 heteroatoms. The lowest BCUT2D eigenvalue weighted by atomic mass is 10.0. The number of methoxy groups -OCH3 is 2. The number of rotatable bonds is 6. The van der Waals surface area contributed by atoms with E-state index in [9.17, 15) is 19.2 Å². The Hall–Kier alpha value is -3.46. The molecule has 6 rings (SSSR count). The maximum atomic E-state index is 12.1. The van der Waals surface area contributed by atoms with E-state index in [0.717, 1.165) is 34.0 Å². The van der Waals surface area contributed by atoms with Crippen molar-refractivity contribution < 1.29 is 38.1 Å². The monoisotopic (exact) mass is 616 g/mol. The van der Waals surface area contributed by atoms with E-state index in [-0.39, 0.29) is 23.7 Å². The van der Waals surface area contributed by atoms with Crippen LogP contribution in [0.1, 0.15) is 43.8 Å². The summed E-state index contributed by atoms with van der Waals surface area (Å²) in [6, 6.07) is 0. The second-order valence-electron chi connectivity index (χ2n) is 10.1. The maximum absolute atomic E-state index is 12.1. The molecule has 2 aromatic heterocycles. The number of aromatic nitrogens is 2. The van der Waals surface area contributed by atoms with Gasteiger partial charge in [0.2, 0.25) is 11.8 Å². The zero-order valence-corrected chi connectivity index (χ0v) is 25.0. The fourth-order valence-electron chi connectivity index (χ4n) is 4.64. The van der Waals surface area contributed by atoms with E-state index in [1.165, 1.54) is 36.9 Å². The van der Waals surface area contributed by atoms with Gasteiger partial charge < -0.3 is 28.7 Å². The van der Waals surface area contributed by atoms with Crippen molar-refractivity contribution in [2.24, 2.45) is 11.8 Å². The molecule has 0 aromatic carbocycles. The molecule has 42 heavy (non-hydrogen) atoms. The Bertz CT molecular complexity index is 1290. The molecule has 6 heterocycles. The molecule has 12 nitrogen and oxygen atoms in total. The molecule has 2 fully saturated rings. The normalized spacial score (nSPS) is 18.9. The largest absolute Gasteiger partial charge is 0.464 e. The molecule has 0 radical (unpaired) electrons. The van der Waals surface area contributed by atoms with Gasteiger partial charge in [-0.05, 0) is 24.0 Å². The highest BCUT2D eigenvalue weighted by atomic mass is 32.1. The summed E-state index contributed by atoms with van der Waals surface area (Å²) in [6.07, 6.45) is 5.54. The van der Waals surface area contributed by atoms with E-state index in [1.54, 1.807) is 10.8 Å². The van der Waals surface area contributed by atoms with Gasteiger partial charge in [0.05, 0.1) is 52.5 Å². The number of hydrogen-bond donors (Lipinski definition) is 0. The minimum absolute atomic E-state index is 0.0331. The van der Waals surface area contributed by atoms with Crippen LogP contribution in [-0.2, 0) is 28.5 Å². The number of thiazole rings is 2. The first-order chi connectivity index (χ1) is 20.4. The third-order valence-electron chi connectivity index (χ3n) is 7.36. The quantitative estimate of drug-likeness (QED) is 0.445. The van der Waals surface area contributed by atoms with Gasteiger partial charge in [-0.25, -0.2) is 19.6 Å². The van der Waals surface area contributed by atoms with Gasteiger partial charge >= 0.3 is 11.9 Å². The molecule has 0 spiro atoms. The SMILES string of the molecule is COC(=O)c1csc(C2=CCN(C(=O)C3COC3)CC2)n1.COC(=O)c1csc(C2=CCN(C(=O)C3COC3)CC2)n1. The number of hydrogen-bond acceptors (Lipinski definition) is 12. The Morgan fingerprint density at radius 2 is 1.14 bits per heavy atom. The second kappa shape index (κ2) is 13.7. The lowest BCUT2D eigenvalue weighted by molar-refractivity contribution is -0.150. The van der Waals surface area contributed by atoms with E-state index in [4.69, 9.17) is 9.47 Å². The molecule has 2 saturated heterocycles. The highest BCUT2D eigenvalue weighted by Crippen LogP contribution is 2.28. The third-order valence-corrected chi connectivity index (χ3v) is 9.20. The van der Waals surface area contributed by atoms with Crippen molar-refractivity contribution in [1.82, 2.24) is 19.8 Å². The van der Waals surface area contributed by atoms with Gasteiger partial charge in [-0.1, -0.05) is 12.2 Å². The molecular weight excluding hydrogens is 584 g/mol. The maximum Gasteiger partial charge on any atom is 0.357 e. The Kier molecular flexibility index (Phi) is 9.77. The van der Waals surface area contributed by atoms with Gasteiger partial charge in [-0.15, -0.1) is 22.7 Å². The van der Waals surface area contributed by atoms with Crippen LogP contribution in [-0.4, -0.2) is 110 Å². The number of carbonyl (C=O) groups excluding carboxylic acids is 4. The molecule has 0 aliphatic carbocycles. The lowest BCUT2D eigenvalue weighted by Gasteiger charge is -2.33. The van der Waals surface area contributed by atoms with Crippen LogP contribution in [0.4, 0.5) is 0 Å². The van der Waals surface area contributed by atoms with Crippen molar-refractivity contribution in [3.8, 4) is 0 Å². The third kappa shape index (κ3) is 6.77. The fourth-order valence-corrected chi connectivity index (χ4v) is 6.36. The summed E-state index contributed by atoms with van der Waals surface area (Å²) in [4.78, 5) is 59.3. The van der Waals surface area contributed by atoms with E-state index in [2.05, 4.69) is 19.4 Å². The smallest absolute Gasteiger partial charge is 0.357 e. The molecule has 2 amide bonds. The van der Waals surface area contributed by atoms with Crippen LogP contribution in [0.2, 0.25) is 0 Å². The topological polar surface area (TPSA) is 137 Å². The standard InChI is InChI=1S/2C14H16N2O4S/c2*1-19-14(18)11-8-21-12(15-11)9-2-4-16(5-3-9)13(17)10-6-20-7-10/h2*2,8,10H,3-7H2,1H3. The highest BCUT2D eigenvalue weighted by Gasteiger charge is 2.32. The predicted molar refractivity (Wildman–Crippen MR) is 154 cm³/mol. The van der Waals surface area contributed by atoms with Crippen LogP contribution in [0.5, 0.6) is 0 Å². The summed E-state index contributed by atoms with van der Waals surface area (Å²) < 4.78 is 19.4. The Labute approximate surface area is 250 Å². The highest BCUT2D eigenvalue weighted by molar-refractivity contribution is 7.11. The molecule has 224 valence electrons. The molecule has 0 atom stereocenters. The number of esters is 2. The van der Waals surface area contributed by atoms with Gasteiger partial charge in [0.1, 0.15) is 10.0 Å². The Balaban J connectivity index is 0.000000168. The minimum Gasteiger partial charge on any atom is -0.464 e.